The molecule has 9 aromatic rings. The zero-order valence-corrected chi connectivity index (χ0v) is 39.9. The second-order valence-corrected chi connectivity index (χ2v) is 22.2. The average molecular weight is 871 g/mol. The Balaban J connectivity index is 1.17. The Hall–Kier alpha value is -6.62. The summed E-state index contributed by atoms with van der Waals surface area (Å²) in [5.74, 6) is 0. The fourth-order valence-electron chi connectivity index (χ4n) is 11.4. The van der Waals surface area contributed by atoms with Crippen LogP contribution in [-0.2, 0) is 16.2 Å². The van der Waals surface area contributed by atoms with E-state index in [1.54, 1.807) is 0 Å². The molecule has 8 aromatic carbocycles. The highest BCUT2D eigenvalue weighted by Gasteiger charge is 2.47. The summed E-state index contributed by atoms with van der Waals surface area (Å²) in [6, 6.07) is 68.5. The molecule has 0 unspecified atom stereocenters. The van der Waals surface area contributed by atoms with E-state index in [1.165, 1.54) is 111 Å². The number of hydrogen-bond acceptors (Lipinski definition) is 3. The second-order valence-electron chi connectivity index (χ2n) is 21.2. The lowest BCUT2D eigenvalue weighted by atomic mass is 9.39. The molecule has 0 amide bonds. The van der Waals surface area contributed by atoms with Crippen LogP contribution in [0.2, 0.25) is 0 Å². The third-order valence-corrected chi connectivity index (χ3v) is 16.3. The van der Waals surface area contributed by atoms with Crippen LogP contribution in [0.5, 0.6) is 0 Å². The molecule has 0 atom stereocenters. The third-order valence-electron chi connectivity index (χ3n) is 15.1. The predicted molar refractivity (Wildman–Crippen MR) is 286 cm³/mol. The molecule has 0 saturated heterocycles. The van der Waals surface area contributed by atoms with Gasteiger partial charge in [0.25, 0.3) is 6.71 Å². The van der Waals surface area contributed by atoms with Crippen LogP contribution >= 0.6 is 11.3 Å². The van der Waals surface area contributed by atoms with E-state index in [2.05, 4.69) is 240 Å². The van der Waals surface area contributed by atoms with Crippen molar-refractivity contribution in [2.75, 3.05) is 9.80 Å². The predicted octanol–water partition coefficient (Wildman–Crippen LogP) is 15.6. The van der Waals surface area contributed by atoms with Crippen molar-refractivity contribution in [3.8, 4) is 33.4 Å². The molecule has 0 bridgehead atoms. The van der Waals surface area contributed by atoms with Gasteiger partial charge in [0.2, 0.25) is 0 Å². The highest BCUT2D eigenvalue weighted by molar-refractivity contribution is 7.34. The summed E-state index contributed by atoms with van der Waals surface area (Å²) in [5.41, 5.74) is 22.1. The van der Waals surface area contributed by atoms with Gasteiger partial charge in [-0.25, -0.2) is 0 Å². The molecule has 12 rings (SSSR count). The van der Waals surface area contributed by atoms with Crippen molar-refractivity contribution in [1.29, 1.82) is 0 Å². The summed E-state index contributed by atoms with van der Waals surface area (Å²) >= 11 is 2.03. The smallest absolute Gasteiger partial charge is 0.260 e. The van der Waals surface area contributed by atoms with Crippen molar-refractivity contribution in [1.82, 2.24) is 0 Å². The minimum atomic E-state index is -0.00559. The molecule has 0 radical (unpaired) electrons. The summed E-state index contributed by atoms with van der Waals surface area (Å²) in [6.45, 7) is 16.9. The van der Waals surface area contributed by atoms with Gasteiger partial charge in [-0.1, -0.05) is 164 Å². The number of para-hydroxylation sites is 2. The van der Waals surface area contributed by atoms with Gasteiger partial charge in [0.15, 0.2) is 0 Å². The first-order valence-corrected chi connectivity index (χ1v) is 24.6. The first kappa shape index (κ1) is 40.9. The van der Waals surface area contributed by atoms with Crippen molar-refractivity contribution in [3.63, 3.8) is 0 Å². The van der Waals surface area contributed by atoms with Crippen LogP contribution in [0.3, 0.4) is 0 Å². The summed E-state index contributed by atoms with van der Waals surface area (Å²) in [7, 11) is 0. The lowest BCUT2D eigenvalue weighted by molar-refractivity contribution is 0.332. The minimum Gasteiger partial charge on any atom is -0.311 e. The number of fused-ring (bicyclic) bond motifs is 8. The highest BCUT2D eigenvalue weighted by atomic mass is 32.1. The molecule has 1 aliphatic carbocycles. The zero-order valence-electron chi connectivity index (χ0n) is 39.1. The number of thiophene rings is 1. The van der Waals surface area contributed by atoms with E-state index in [0.717, 1.165) is 11.4 Å². The fourth-order valence-corrected chi connectivity index (χ4v) is 12.8. The summed E-state index contributed by atoms with van der Waals surface area (Å²) in [6.07, 6.45) is 2.38. The molecule has 2 aliphatic heterocycles. The number of nitrogens with zero attached hydrogens (tertiary/aromatic N) is 2. The lowest BCUT2D eigenvalue weighted by Gasteiger charge is -2.42. The first-order chi connectivity index (χ1) is 31.9. The van der Waals surface area contributed by atoms with Gasteiger partial charge < -0.3 is 9.80 Å². The van der Waals surface area contributed by atoms with Gasteiger partial charge in [-0.15, -0.1) is 11.3 Å². The quantitative estimate of drug-likeness (QED) is 0.154. The van der Waals surface area contributed by atoms with Crippen molar-refractivity contribution in [3.05, 3.63) is 199 Å². The van der Waals surface area contributed by atoms with Crippen molar-refractivity contribution >= 4 is 78.0 Å². The molecule has 0 N–H and O–H groups in total. The Morgan fingerprint density at radius 2 is 1.11 bits per heavy atom. The summed E-state index contributed by atoms with van der Waals surface area (Å²) in [5, 5.41) is 1.39. The Morgan fingerprint density at radius 3 is 1.79 bits per heavy atom. The summed E-state index contributed by atoms with van der Waals surface area (Å²) in [4.78, 5) is 5.11. The van der Waals surface area contributed by atoms with Crippen molar-refractivity contribution in [2.45, 2.75) is 77.6 Å². The van der Waals surface area contributed by atoms with Gasteiger partial charge in [0.05, 0.1) is 11.4 Å². The zero-order chi connectivity index (χ0) is 45.1. The second kappa shape index (κ2) is 15.0. The Kier molecular flexibility index (Phi) is 9.26. The molecule has 322 valence electrons. The van der Waals surface area contributed by atoms with E-state index >= 15 is 0 Å². The van der Waals surface area contributed by atoms with Crippen LogP contribution in [0.1, 0.15) is 78.0 Å². The molecule has 2 nitrogen and oxygen atoms in total. The van der Waals surface area contributed by atoms with Gasteiger partial charge in [0, 0.05) is 44.0 Å². The van der Waals surface area contributed by atoms with Crippen LogP contribution in [0.15, 0.2) is 182 Å². The number of hydrogen-bond donors (Lipinski definition) is 0. The van der Waals surface area contributed by atoms with Crippen LogP contribution in [0, 0.1) is 0 Å². The maximum Gasteiger partial charge on any atom is 0.260 e. The van der Waals surface area contributed by atoms with E-state index < -0.39 is 0 Å². The molecule has 1 aromatic heterocycles. The van der Waals surface area contributed by atoms with Crippen LogP contribution < -0.4 is 25.5 Å². The molecule has 4 heteroatoms. The van der Waals surface area contributed by atoms with Gasteiger partial charge in [0.1, 0.15) is 0 Å². The van der Waals surface area contributed by atoms with Crippen LogP contribution in [0.25, 0.3) is 43.5 Å². The lowest BCUT2D eigenvalue weighted by Crippen LogP contribution is -2.54. The Bertz CT molecular complexity index is 3340. The standard InChI is InChI=1S/C62H55BN2S/c1-60(2,3)43-29-32-51(46(37-43)42-21-13-9-14-22-42)65-52-26-18-17-25-50(52)63-58-54(65)34-33-53(64(44-23-15-10-16-24-44)45-30-27-41(28-31-45)40-19-11-8-12-20-40)57(58)56-47-38-48-49(39-55(47)66-59(56)63)62(6,7)36-35-61(48,4)5/h8-34,37-39H,35-36H2,1-7H3. The maximum atomic E-state index is 2.63. The largest absolute Gasteiger partial charge is 0.311 e. The normalized spacial score (nSPS) is 15.3. The maximum absolute atomic E-state index is 2.63. The molecule has 3 aliphatic rings. The monoisotopic (exact) mass is 870 g/mol. The third kappa shape index (κ3) is 6.36. The molecule has 0 spiro atoms. The molecule has 0 saturated carbocycles. The van der Waals surface area contributed by atoms with E-state index in [4.69, 9.17) is 0 Å². The van der Waals surface area contributed by atoms with Crippen LogP contribution in [-0.4, -0.2) is 6.71 Å². The average Bonchev–Trinajstić information content (AvgIpc) is 3.87. The van der Waals surface area contributed by atoms with Crippen molar-refractivity contribution in [2.24, 2.45) is 0 Å². The van der Waals surface area contributed by atoms with Crippen LogP contribution in [0.4, 0.5) is 34.1 Å². The SMILES string of the molecule is CC(C)(C)c1ccc(N2c3ccccc3B3c4sc5cc6c(cc5c4-c4c(N(c5ccccc5)c5ccc(-c7ccccc7)cc5)ccc2c43)C(C)(C)CCC6(C)C)c(-c2ccccc2)c1. The van der Waals surface area contributed by atoms with Gasteiger partial charge in [-0.05, 0) is 150 Å². The molecule has 0 fully saturated rings. The van der Waals surface area contributed by atoms with Crippen molar-refractivity contribution < 1.29 is 0 Å². The van der Waals surface area contributed by atoms with E-state index in [1.807, 2.05) is 11.3 Å². The fraction of sp³-hybridized carbons (Fsp3) is 0.194. The number of anilines is 6. The Morgan fingerprint density at radius 1 is 0.530 bits per heavy atom. The van der Waals surface area contributed by atoms with E-state index in [9.17, 15) is 0 Å². The number of rotatable bonds is 6. The molecular weight excluding hydrogens is 816 g/mol. The van der Waals surface area contributed by atoms with E-state index in [-0.39, 0.29) is 23.0 Å². The molecule has 66 heavy (non-hydrogen) atoms. The highest BCUT2D eigenvalue weighted by Crippen LogP contribution is 2.54. The molecule has 3 heterocycles. The topological polar surface area (TPSA) is 6.48 Å². The Labute approximate surface area is 395 Å². The van der Waals surface area contributed by atoms with Gasteiger partial charge in [-0.3, -0.25) is 0 Å². The van der Waals surface area contributed by atoms with E-state index in [0.29, 0.717) is 0 Å². The number of benzene rings is 8. The summed E-state index contributed by atoms with van der Waals surface area (Å²) < 4.78 is 2.85. The minimum absolute atomic E-state index is 0.00559. The van der Waals surface area contributed by atoms with Gasteiger partial charge in [-0.2, -0.15) is 0 Å². The van der Waals surface area contributed by atoms with Gasteiger partial charge >= 0.3 is 0 Å². The first-order valence-electron chi connectivity index (χ1n) is 23.8. The molecular formula is C62H55BN2S.